The Morgan fingerprint density at radius 1 is 0.944 bits per heavy atom. The van der Waals surface area contributed by atoms with E-state index in [1.165, 1.54) is 0 Å². The largest absolute Gasteiger partial charge is 0.493 e. The van der Waals surface area contributed by atoms with Gasteiger partial charge in [0, 0.05) is 24.9 Å². The monoisotopic (exact) mass is 505 g/mol. The highest BCUT2D eigenvalue weighted by atomic mass is 35.5. The molecule has 0 saturated carbocycles. The predicted octanol–water partition coefficient (Wildman–Crippen LogP) is 4.17. The van der Waals surface area contributed by atoms with Crippen molar-refractivity contribution in [2.75, 3.05) is 21.3 Å². The summed E-state index contributed by atoms with van der Waals surface area (Å²) >= 11 is 6.07. The Bertz CT molecular complexity index is 1610. The van der Waals surface area contributed by atoms with Gasteiger partial charge in [0.15, 0.2) is 22.7 Å². The number of benzene rings is 2. The van der Waals surface area contributed by atoms with Gasteiger partial charge in [0.25, 0.3) is 5.56 Å². The maximum absolute atomic E-state index is 13.3. The minimum Gasteiger partial charge on any atom is -0.493 e. The van der Waals surface area contributed by atoms with Crippen molar-refractivity contribution >= 4 is 28.3 Å². The highest BCUT2D eigenvalue weighted by Gasteiger charge is 2.19. The molecule has 5 aromatic rings. The van der Waals surface area contributed by atoms with Crippen LogP contribution in [0.25, 0.3) is 27.8 Å². The normalized spacial score (nSPS) is 11.3. The van der Waals surface area contributed by atoms with Crippen molar-refractivity contribution < 1.29 is 14.2 Å². The molecular formula is C26H24ClN5O4. The van der Waals surface area contributed by atoms with E-state index in [9.17, 15) is 4.79 Å². The zero-order valence-electron chi connectivity index (χ0n) is 20.1. The summed E-state index contributed by atoms with van der Waals surface area (Å²) < 4.78 is 19.3. The van der Waals surface area contributed by atoms with Gasteiger partial charge in [-0.05, 0) is 47.9 Å². The number of pyridine rings is 1. The molecule has 0 aliphatic heterocycles. The van der Waals surface area contributed by atoms with Gasteiger partial charge in [-0.3, -0.25) is 4.79 Å². The lowest BCUT2D eigenvalue weighted by atomic mass is 10.1. The minimum atomic E-state index is -0.237. The maximum atomic E-state index is 13.3. The first kappa shape index (κ1) is 23.8. The summed E-state index contributed by atoms with van der Waals surface area (Å²) in [6, 6.07) is 15.0. The molecule has 0 atom stereocenters. The molecule has 5 rings (SSSR count). The molecule has 0 saturated heterocycles. The summed E-state index contributed by atoms with van der Waals surface area (Å²) in [7, 11) is 4.80. The molecule has 0 spiro atoms. The van der Waals surface area contributed by atoms with Gasteiger partial charge < -0.3 is 18.8 Å². The van der Waals surface area contributed by atoms with Crippen molar-refractivity contribution in [3.8, 4) is 22.6 Å². The molecule has 3 aromatic heterocycles. The van der Waals surface area contributed by atoms with Crippen molar-refractivity contribution in [3.63, 3.8) is 0 Å². The fourth-order valence-electron chi connectivity index (χ4n) is 4.24. The Morgan fingerprint density at radius 3 is 2.44 bits per heavy atom. The average molecular weight is 506 g/mol. The van der Waals surface area contributed by atoms with Crippen molar-refractivity contribution in [2.45, 2.75) is 19.6 Å². The summed E-state index contributed by atoms with van der Waals surface area (Å²) in [5.41, 5.74) is 4.51. The van der Waals surface area contributed by atoms with Gasteiger partial charge in [-0.1, -0.05) is 29.8 Å². The summed E-state index contributed by atoms with van der Waals surface area (Å²) in [5.74, 6) is 1.31. The van der Waals surface area contributed by atoms with E-state index in [0.29, 0.717) is 46.3 Å². The summed E-state index contributed by atoms with van der Waals surface area (Å²) in [6.07, 6.45) is 2.38. The second-order valence-electron chi connectivity index (χ2n) is 8.18. The van der Waals surface area contributed by atoms with Crippen LogP contribution in [0.2, 0.25) is 5.02 Å². The fourth-order valence-corrected chi connectivity index (χ4v) is 4.37. The molecule has 0 aliphatic carbocycles. The zero-order chi connectivity index (χ0) is 25.2. The van der Waals surface area contributed by atoms with E-state index < -0.39 is 0 Å². The first-order valence-corrected chi connectivity index (χ1v) is 11.6. The molecule has 0 aliphatic rings. The standard InChI is InChI=1S/C26H24ClN5O4/c1-34-15-19-23(17-5-7-18(27)8-6-17)25-29-28-24-20(32(25)30-19)11-13-31(26(24)33)12-10-16-4-9-21(35-2)22(14-16)36-3/h4-9,11,13-14H,10,12,15H2,1-3H3. The van der Waals surface area contributed by atoms with Gasteiger partial charge in [-0.2, -0.15) is 5.10 Å². The average Bonchev–Trinajstić information content (AvgIpc) is 3.27. The van der Waals surface area contributed by atoms with E-state index in [1.54, 1.807) is 36.6 Å². The molecule has 0 N–H and O–H groups in total. The molecule has 0 unspecified atom stereocenters. The molecule has 10 heteroatoms. The summed E-state index contributed by atoms with van der Waals surface area (Å²) in [5, 5.41) is 14.0. The quantitative estimate of drug-likeness (QED) is 0.312. The Balaban J connectivity index is 1.53. The van der Waals surface area contributed by atoms with Crippen LogP contribution in [-0.2, 0) is 24.3 Å². The number of halogens is 1. The third-order valence-electron chi connectivity index (χ3n) is 6.03. The topological polar surface area (TPSA) is 92.8 Å². The van der Waals surface area contributed by atoms with Crippen LogP contribution < -0.4 is 15.0 Å². The lowest BCUT2D eigenvalue weighted by Crippen LogP contribution is -2.22. The molecule has 0 bridgehead atoms. The number of aryl methyl sites for hydroxylation is 2. The highest BCUT2D eigenvalue weighted by Crippen LogP contribution is 2.30. The van der Waals surface area contributed by atoms with Crippen LogP contribution in [0.5, 0.6) is 11.5 Å². The van der Waals surface area contributed by atoms with Gasteiger partial charge in [0.2, 0.25) is 0 Å². The van der Waals surface area contributed by atoms with E-state index in [4.69, 9.17) is 30.9 Å². The Hall–Kier alpha value is -3.95. The number of ether oxygens (including phenoxy) is 3. The van der Waals surface area contributed by atoms with E-state index in [-0.39, 0.29) is 17.7 Å². The fraction of sp³-hybridized carbons (Fsp3) is 0.231. The molecule has 2 aromatic carbocycles. The van der Waals surface area contributed by atoms with Crippen LogP contribution in [0.3, 0.4) is 0 Å². The third kappa shape index (κ3) is 4.27. The second kappa shape index (κ2) is 9.96. The van der Waals surface area contributed by atoms with Crippen LogP contribution in [0.4, 0.5) is 0 Å². The van der Waals surface area contributed by atoms with E-state index >= 15 is 0 Å². The van der Waals surface area contributed by atoms with E-state index in [1.807, 2.05) is 48.5 Å². The molecular weight excluding hydrogens is 482 g/mol. The maximum Gasteiger partial charge on any atom is 0.280 e. The number of rotatable bonds is 8. The van der Waals surface area contributed by atoms with Crippen molar-refractivity contribution in [2.24, 2.45) is 0 Å². The van der Waals surface area contributed by atoms with Gasteiger partial charge in [0.1, 0.15) is 5.52 Å². The highest BCUT2D eigenvalue weighted by molar-refractivity contribution is 6.30. The first-order chi connectivity index (χ1) is 17.5. The van der Waals surface area contributed by atoms with E-state index in [0.717, 1.165) is 16.7 Å². The Morgan fingerprint density at radius 2 is 1.72 bits per heavy atom. The van der Waals surface area contributed by atoms with Gasteiger partial charge >= 0.3 is 0 Å². The smallest absolute Gasteiger partial charge is 0.280 e. The molecule has 3 heterocycles. The third-order valence-corrected chi connectivity index (χ3v) is 6.28. The van der Waals surface area contributed by atoms with Crippen LogP contribution >= 0.6 is 11.6 Å². The van der Waals surface area contributed by atoms with Crippen LogP contribution in [0, 0.1) is 0 Å². The number of hydrogen-bond donors (Lipinski definition) is 0. The Labute approximate surface area is 211 Å². The molecule has 9 nitrogen and oxygen atoms in total. The number of nitrogens with zero attached hydrogens (tertiary/aromatic N) is 5. The SMILES string of the molecule is COCc1nn2c(nnc3c(=O)n(CCc4ccc(OC)c(OC)c4)ccc32)c1-c1ccc(Cl)cc1. The predicted molar refractivity (Wildman–Crippen MR) is 137 cm³/mol. The van der Waals surface area contributed by atoms with Crippen molar-refractivity contribution in [3.05, 3.63) is 81.4 Å². The lowest BCUT2D eigenvalue weighted by molar-refractivity contribution is 0.181. The van der Waals surface area contributed by atoms with Gasteiger partial charge in [-0.15, -0.1) is 10.2 Å². The van der Waals surface area contributed by atoms with Gasteiger partial charge in [0.05, 0.1) is 32.1 Å². The van der Waals surface area contributed by atoms with Crippen molar-refractivity contribution in [1.82, 2.24) is 24.4 Å². The molecule has 0 radical (unpaired) electrons. The van der Waals surface area contributed by atoms with Crippen molar-refractivity contribution in [1.29, 1.82) is 0 Å². The van der Waals surface area contributed by atoms with Crippen LogP contribution in [0.15, 0.2) is 59.5 Å². The number of fused-ring (bicyclic) bond motifs is 3. The molecule has 0 fully saturated rings. The first-order valence-electron chi connectivity index (χ1n) is 11.3. The lowest BCUT2D eigenvalue weighted by Gasteiger charge is -2.11. The minimum absolute atomic E-state index is 0.237. The number of hydrogen-bond acceptors (Lipinski definition) is 7. The van der Waals surface area contributed by atoms with Crippen LogP contribution in [0.1, 0.15) is 11.3 Å². The second-order valence-corrected chi connectivity index (χ2v) is 8.62. The van der Waals surface area contributed by atoms with E-state index in [2.05, 4.69) is 10.2 Å². The van der Waals surface area contributed by atoms with Gasteiger partial charge in [-0.25, -0.2) is 4.52 Å². The van der Waals surface area contributed by atoms with Crippen LogP contribution in [-0.4, -0.2) is 45.7 Å². The molecule has 184 valence electrons. The Kier molecular flexibility index (Phi) is 6.58. The summed E-state index contributed by atoms with van der Waals surface area (Å²) in [6.45, 7) is 0.749. The molecule has 0 amide bonds. The summed E-state index contributed by atoms with van der Waals surface area (Å²) in [4.78, 5) is 13.3. The number of aromatic nitrogens is 5. The zero-order valence-corrected chi connectivity index (χ0v) is 20.8. The number of methoxy groups -OCH3 is 3. The molecule has 36 heavy (non-hydrogen) atoms.